The van der Waals surface area contributed by atoms with Gasteiger partial charge in [-0.1, -0.05) is 50.5 Å². The molecule has 0 aromatic heterocycles. The van der Waals surface area contributed by atoms with Gasteiger partial charge in [-0.3, -0.25) is 13.9 Å². The van der Waals surface area contributed by atoms with Crippen LogP contribution >= 0.6 is 0 Å². The van der Waals surface area contributed by atoms with Crippen LogP contribution in [0.4, 0.5) is 5.69 Å². The van der Waals surface area contributed by atoms with Gasteiger partial charge in [0.15, 0.2) is 0 Å². The third-order valence-corrected chi connectivity index (χ3v) is 9.88. The van der Waals surface area contributed by atoms with Gasteiger partial charge in [0.05, 0.1) is 31.9 Å². The fourth-order valence-corrected chi connectivity index (χ4v) is 7.08. The number of sulfonamides is 1. The summed E-state index contributed by atoms with van der Waals surface area (Å²) in [6.07, 6.45) is 5.37. The second kappa shape index (κ2) is 15.7. The fourth-order valence-electron chi connectivity index (χ4n) is 5.66. The number of hydrogen-bond acceptors (Lipinski definition) is 7. The second-order valence-corrected chi connectivity index (χ2v) is 12.9. The Balaban J connectivity index is 1.74. The molecule has 0 spiro atoms. The summed E-state index contributed by atoms with van der Waals surface area (Å²) < 4.78 is 45.6. The molecule has 0 radical (unpaired) electrons. The van der Waals surface area contributed by atoms with Crippen LogP contribution in [0.2, 0.25) is 0 Å². The van der Waals surface area contributed by atoms with Crippen LogP contribution in [0.3, 0.4) is 0 Å². The van der Waals surface area contributed by atoms with E-state index in [4.69, 9.17) is 14.2 Å². The number of nitrogens with zero attached hydrogens (tertiary/aromatic N) is 2. The molecule has 4 rings (SSSR count). The second-order valence-electron chi connectivity index (χ2n) is 11.0. The van der Waals surface area contributed by atoms with Crippen molar-refractivity contribution in [3.8, 4) is 17.2 Å². The van der Waals surface area contributed by atoms with Gasteiger partial charge in [0, 0.05) is 12.6 Å². The van der Waals surface area contributed by atoms with Gasteiger partial charge in [-0.2, -0.15) is 0 Å². The van der Waals surface area contributed by atoms with E-state index in [9.17, 15) is 18.0 Å². The topological polar surface area (TPSA) is 114 Å². The van der Waals surface area contributed by atoms with E-state index in [0.717, 1.165) is 42.0 Å². The average molecular weight is 638 g/mol. The van der Waals surface area contributed by atoms with E-state index >= 15 is 0 Å². The number of carbonyl (C=O) groups is 2. The highest BCUT2D eigenvalue weighted by Crippen LogP contribution is 2.33. The number of ether oxygens (including phenoxy) is 3. The van der Waals surface area contributed by atoms with E-state index in [1.807, 2.05) is 19.1 Å². The molecule has 3 aromatic rings. The van der Waals surface area contributed by atoms with E-state index in [1.54, 1.807) is 55.6 Å². The SMILES string of the molecule is CC[C@H](C(=O)NC1CCCCC1)N(Cc1cccc(OC)c1)C(=O)CN(c1ccccc1OC)S(=O)(=O)c1ccc(OC)cc1. The summed E-state index contributed by atoms with van der Waals surface area (Å²) in [4.78, 5) is 29.6. The molecule has 0 heterocycles. The number of hydrogen-bond donors (Lipinski definition) is 1. The quantitative estimate of drug-likeness (QED) is 0.260. The summed E-state index contributed by atoms with van der Waals surface area (Å²) in [5.41, 5.74) is 0.943. The van der Waals surface area contributed by atoms with Gasteiger partial charge in [0.25, 0.3) is 10.0 Å². The Morgan fingerprint density at radius 1 is 0.867 bits per heavy atom. The molecule has 3 aromatic carbocycles. The van der Waals surface area contributed by atoms with Crippen LogP contribution in [0.5, 0.6) is 17.2 Å². The van der Waals surface area contributed by atoms with Crippen LogP contribution in [-0.2, 0) is 26.2 Å². The van der Waals surface area contributed by atoms with Gasteiger partial charge in [-0.25, -0.2) is 8.42 Å². The van der Waals surface area contributed by atoms with Crippen molar-refractivity contribution >= 4 is 27.5 Å². The van der Waals surface area contributed by atoms with Crippen LogP contribution < -0.4 is 23.8 Å². The van der Waals surface area contributed by atoms with Gasteiger partial charge in [-0.05, 0) is 73.4 Å². The maximum absolute atomic E-state index is 14.4. The monoisotopic (exact) mass is 637 g/mol. The number of nitrogens with one attached hydrogen (secondary N) is 1. The minimum Gasteiger partial charge on any atom is -0.497 e. The van der Waals surface area contributed by atoms with Crippen molar-refractivity contribution in [1.82, 2.24) is 10.2 Å². The molecule has 1 atom stereocenters. The van der Waals surface area contributed by atoms with Crippen LogP contribution in [0.25, 0.3) is 0 Å². The lowest BCUT2D eigenvalue weighted by Gasteiger charge is -2.34. The molecule has 1 saturated carbocycles. The van der Waals surface area contributed by atoms with Crippen LogP contribution in [-0.4, -0.2) is 65.1 Å². The summed E-state index contributed by atoms with van der Waals surface area (Å²) >= 11 is 0. The van der Waals surface area contributed by atoms with Gasteiger partial charge < -0.3 is 24.4 Å². The van der Waals surface area contributed by atoms with Crippen molar-refractivity contribution in [3.63, 3.8) is 0 Å². The zero-order chi connectivity index (χ0) is 32.4. The Morgan fingerprint density at radius 2 is 1.56 bits per heavy atom. The summed E-state index contributed by atoms with van der Waals surface area (Å²) in [6, 6.07) is 19.1. The first-order valence-electron chi connectivity index (χ1n) is 15.2. The highest BCUT2D eigenvalue weighted by Gasteiger charge is 2.35. The molecule has 45 heavy (non-hydrogen) atoms. The first-order chi connectivity index (χ1) is 21.7. The highest BCUT2D eigenvalue weighted by atomic mass is 32.2. The molecule has 0 bridgehead atoms. The molecular weight excluding hydrogens is 594 g/mol. The van der Waals surface area contributed by atoms with Crippen LogP contribution in [0.15, 0.2) is 77.7 Å². The zero-order valence-electron chi connectivity index (χ0n) is 26.4. The van der Waals surface area contributed by atoms with Crippen molar-refractivity contribution in [2.75, 3.05) is 32.2 Å². The van der Waals surface area contributed by atoms with Gasteiger partial charge >= 0.3 is 0 Å². The number of methoxy groups -OCH3 is 3. The largest absolute Gasteiger partial charge is 0.497 e. The molecule has 0 aliphatic heterocycles. The molecule has 2 amide bonds. The van der Waals surface area contributed by atoms with Crippen molar-refractivity contribution in [2.24, 2.45) is 0 Å². The van der Waals surface area contributed by atoms with Crippen molar-refractivity contribution in [3.05, 3.63) is 78.4 Å². The van der Waals surface area contributed by atoms with E-state index < -0.39 is 28.5 Å². The maximum Gasteiger partial charge on any atom is 0.264 e. The number of para-hydroxylation sites is 2. The minimum atomic E-state index is -4.27. The lowest BCUT2D eigenvalue weighted by molar-refractivity contribution is -0.140. The smallest absolute Gasteiger partial charge is 0.264 e. The number of anilines is 1. The highest BCUT2D eigenvalue weighted by molar-refractivity contribution is 7.92. The maximum atomic E-state index is 14.4. The number of benzene rings is 3. The molecule has 1 N–H and O–H groups in total. The molecule has 11 heteroatoms. The number of rotatable bonds is 14. The summed E-state index contributed by atoms with van der Waals surface area (Å²) in [5, 5.41) is 3.16. The van der Waals surface area contributed by atoms with E-state index in [-0.39, 0.29) is 34.8 Å². The Hall–Kier alpha value is -4.25. The van der Waals surface area contributed by atoms with Crippen LogP contribution in [0.1, 0.15) is 51.0 Å². The van der Waals surface area contributed by atoms with E-state index in [2.05, 4.69) is 5.32 Å². The van der Waals surface area contributed by atoms with E-state index in [0.29, 0.717) is 17.9 Å². The molecule has 1 aliphatic rings. The van der Waals surface area contributed by atoms with Gasteiger partial charge in [-0.15, -0.1) is 0 Å². The molecule has 0 saturated heterocycles. The first kappa shape index (κ1) is 33.6. The Morgan fingerprint density at radius 3 is 2.20 bits per heavy atom. The lowest BCUT2D eigenvalue weighted by Crippen LogP contribution is -2.54. The van der Waals surface area contributed by atoms with Gasteiger partial charge in [0.1, 0.15) is 29.8 Å². The Bertz CT molecular complexity index is 1540. The first-order valence-corrected chi connectivity index (χ1v) is 16.7. The van der Waals surface area contributed by atoms with Crippen molar-refractivity contribution < 1.29 is 32.2 Å². The summed E-state index contributed by atoms with van der Waals surface area (Å²) in [6.45, 7) is 1.37. The molecule has 10 nitrogen and oxygen atoms in total. The van der Waals surface area contributed by atoms with Crippen LogP contribution in [0, 0.1) is 0 Å². The predicted molar refractivity (Wildman–Crippen MR) is 173 cm³/mol. The average Bonchev–Trinajstić information content (AvgIpc) is 3.07. The van der Waals surface area contributed by atoms with Crippen molar-refractivity contribution in [2.45, 2.75) is 69.0 Å². The lowest BCUT2D eigenvalue weighted by atomic mass is 9.95. The Labute approximate surface area is 266 Å². The molecule has 0 unspecified atom stereocenters. The third-order valence-electron chi connectivity index (χ3n) is 8.10. The van der Waals surface area contributed by atoms with E-state index in [1.165, 1.54) is 31.3 Å². The number of carbonyl (C=O) groups excluding carboxylic acids is 2. The number of amides is 2. The molecular formula is C34H43N3O7S. The standard InChI is InChI=1S/C34H43N3O7S/c1-5-30(34(39)35-26-13-7-6-8-14-26)36(23-25-12-11-15-28(22-25)43-3)33(38)24-37(31-16-9-10-17-32(31)44-4)45(40,41)29-20-18-27(42-2)19-21-29/h9-12,15-22,26,30H,5-8,13-14,23-24H2,1-4H3,(H,35,39)/t30-/m1/s1. The predicted octanol–water partition coefficient (Wildman–Crippen LogP) is 5.16. The fraction of sp³-hybridized carbons (Fsp3) is 0.412. The minimum absolute atomic E-state index is 0.0246. The molecule has 1 fully saturated rings. The molecule has 242 valence electrons. The molecule has 1 aliphatic carbocycles. The summed E-state index contributed by atoms with van der Waals surface area (Å²) in [5.74, 6) is 0.600. The van der Waals surface area contributed by atoms with Gasteiger partial charge in [0.2, 0.25) is 11.8 Å². The normalized spacial score (nSPS) is 14.2. The Kier molecular flexibility index (Phi) is 11.7. The van der Waals surface area contributed by atoms with Crippen molar-refractivity contribution in [1.29, 1.82) is 0 Å². The third kappa shape index (κ3) is 8.27. The zero-order valence-corrected chi connectivity index (χ0v) is 27.2. The summed E-state index contributed by atoms with van der Waals surface area (Å²) in [7, 11) is 0.226.